The summed E-state index contributed by atoms with van der Waals surface area (Å²) in [5.41, 5.74) is 6.09. The van der Waals surface area contributed by atoms with E-state index in [1.807, 2.05) is 18.2 Å². The molecule has 0 aliphatic carbocycles. The molecule has 1 unspecified atom stereocenters. The van der Waals surface area contributed by atoms with Crippen molar-refractivity contribution in [3.8, 4) is 0 Å². The number of halogens is 2. The maximum absolute atomic E-state index is 11.7. The summed E-state index contributed by atoms with van der Waals surface area (Å²) in [7, 11) is 0. The lowest BCUT2D eigenvalue weighted by Crippen LogP contribution is -2.31. The molecule has 6 heteroatoms. The third-order valence-corrected chi connectivity index (χ3v) is 3.71. The van der Waals surface area contributed by atoms with Crippen LogP contribution in [-0.4, -0.2) is 10.9 Å². The van der Waals surface area contributed by atoms with E-state index in [2.05, 4.69) is 37.2 Å². The Kier molecular flexibility index (Phi) is 4.89. The van der Waals surface area contributed by atoms with Gasteiger partial charge in [0.25, 0.3) is 0 Å². The minimum absolute atomic E-state index is 0.181. The third-order valence-electron chi connectivity index (χ3n) is 2.03. The van der Waals surface area contributed by atoms with E-state index in [-0.39, 0.29) is 10.9 Å². The summed E-state index contributed by atoms with van der Waals surface area (Å²) in [5, 5.41) is 2.76. The van der Waals surface area contributed by atoms with Gasteiger partial charge in [-0.15, -0.1) is 0 Å². The van der Waals surface area contributed by atoms with E-state index in [1.54, 1.807) is 6.92 Å². The largest absolute Gasteiger partial charge is 0.393 e. The zero-order valence-electron chi connectivity index (χ0n) is 8.46. The summed E-state index contributed by atoms with van der Waals surface area (Å²) in [6.07, 6.45) is 0. The van der Waals surface area contributed by atoms with Crippen molar-refractivity contribution in [2.24, 2.45) is 11.7 Å². The second-order valence-electron chi connectivity index (χ2n) is 3.21. The van der Waals surface area contributed by atoms with E-state index in [4.69, 9.17) is 18.0 Å². The van der Waals surface area contributed by atoms with Crippen LogP contribution in [0.2, 0.25) is 0 Å². The van der Waals surface area contributed by atoms with Gasteiger partial charge in [0.15, 0.2) is 0 Å². The van der Waals surface area contributed by atoms with Gasteiger partial charge in [-0.1, -0.05) is 18.3 Å². The number of benzene rings is 1. The number of nitrogens with one attached hydrogen (secondary N) is 1. The minimum atomic E-state index is -0.492. The highest BCUT2D eigenvalue weighted by Crippen LogP contribution is 2.30. The molecule has 0 radical (unpaired) electrons. The van der Waals surface area contributed by atoms with Gasteiger partial charge in [0, 0.05) is 8.95 Å². The Hall–Kier alpha value is -0.460. The quantitative estimate of drug-likeness (QED) is 0.809. The van der Waals surface area contributed by atoms with Crippen LogP contribution in [0.4, 0.5) is 5.69 Å². The molecule has 16 heavy (non-hydrogen) atoms. The molecule has 0 fully saturated rings. The number of carbonyl (C=O) groups is 1. The number of anilines is 1. The van der Waals surface area contributed by atoms with Gasteiger partial charge in [-0.3, -0.25) is 4.79 Å². The number of amides is 1. The Morgan fingerprint density at radius 2 is 1.94 bits per heavy atom. The minimum Gasteiger partial charge on any atom is -0.393 e. The second kappa shape index (κ2) is 5.75. The van der Waals surface area contributed by atoms with Crippen LogP contribution in [0, 0.1) is 5.92 Å². The number of nitrogens with two attached hydrogens (primary N) is 1. The maximum Gasteiger partial charge on any atom is 0.234 e. The highest BCUT2D eigenvalue weighted by molar-refractivity contribution is 9.11. The fraction of sp³-hybridized carbons (Fsp3) is 0.200. The molecular weight excluding hydrogens is 356 g/mol. The van der Waals surface area contributed by atoms with Gasteiger partial charge in [0.1, 0.15) is 0 Å². The van der Waals surface area contributed by atoms with E-state index in [9.17, 15) is 4.79 Å². The lowest BCUT2D eigenvalue weighted by molar-refractivity contribution is -0.117. The van der Waals surface area contributed by atoms with Gasteiger partial charge < -0.3 is 11.1 Å². The van der Waals surface area contributed by atoms with Crippen molar-refractivity contribution in [1.29, 1.82) is 0 Å². The SMILES string of the molecule is CC(C(=O)Nc1c(Br)cccc1Br)C(N)=S. The molecular formula is C10H10Br2N2OS. The highest BCUT2D eigenvalue weighted by atomic mass is 79.9. The summed E-state index contributed by atoms with van der Waals surface area (Å²) >= 11 is 11.5. The average molecular weight is 366 g/mol. The first-order valence-electron chi connectivity index (χ1n) is 4.47. The monoisotopic (exact) mass is 364 g/mol. The Labute approximate surface area is 116 Å². The van der Waals surface area contributed by atoms with Crippen LogP contribution in [0.3, 0.4) is 0 Å². The molecule has 0 saturated heterocycles. The first-order valence-corrected chi connectivity index (χ1v) is 6.47. The first kappa shape index (κ1) is 13.6. The standard InChI is InChI=1S/C10H10Br2N2OS/c1-5(9(13)16)10(15)14-8-6(11)3-2-4-7(8)12/h2-5H,1H3,(H2,13,16)(H,14,15). The van der Waals surface area contributed by atoms with Gasteiger partial charge in [-0.2, -0.15) is 0 Å². The molecule has 0 spiro atoms. The van der Waals surface area contributed by atoms with E-state index < -0.39 is 5.92 Å². The zero-order valence-corrected chi connectivity index (χ0v) is 12.4. The van der Waals surface area contributed by atoms with Crippen LogP contribution >= 0.6 is 44.1 Å². The Morgan fingerprint density at radius 3 is 2.38 bits per heavy atom. The van der Waals surface area contributed by atoms with Crippen LogP contribution < -0.4 is 11.1 Å². The lowest BCUT2D eigenvalue weighted by atomic mass is 10.1. The molecule has 1 rings (SSSR count). The molecule has 1 amide bonds. The summed E-state index contributed by atoms with van der Waals surface area (Å²) in [5.74, 6) is -0.714. The van der Waals surface area contributed by atoms with Crippen molar-refractivity contribution >= 4 is 60.7 Å². The number of rotatable bonds is 3. The van der Waals surface area contributed by atoms with Gasteiger partial charge in [0.05, 0.1) is 16.6 Å². The van der Waals surface area contributed by atoms with Crippen molar-refractivity contribution in [1.82, 2.24) is 0 Å². The number of thiocarbonyl (C=S) groups is 1. The van der Waals surface area contributed by atoms with E-state index in [1.165, 1.54) is 0 Å². The highest BCUT2D eigenvalue weighted by Gasteiger charge is 2.17. The molecule has 1 atom stereocenters. The van der Waals surface area contributed by atoms with Gasteiger partial charge in [-0.05, 0) is 50.9 Å². The van der Waals surface area contributed by atoms with Crippen molar-refractivity contribution in [3.05, 3.63) is 27.1 Å². The molecule has 0 heterocycles. The average Bonchev–Trinajstić information content (AvgIpc) is 2.22. The lowest BCUT2D eigenvalue weighted by Gasteiger charge is -2.13. The summed E-state index contributed by atoms with van der Waals surface area (Å²) in [6, 6.07) is 5.54. The normalized spacial score (nSPS) is 11.9. The topological polar surface area (TPSA) is 55.1 Å². The number of carbonyl (C=O) groups excluding carboxylic acids is 1. The third kappa shape index (κ3) is 3.26. The molecule has 0 aliphatic rings. The molecule has 3 nitrogen and oxygen atoms in total. The van der Waals surface area contributed by atoms with E-state index in [0.29, 0.717) is 5.69 Å². The summed E-state index contributed by atoms with van der Waals surface area (Å²) < 4.78 is 1.59. The maximum atomic E-state index is 11.7. The van der Waals surface area contributed by atoms with Crippen molar-refractivity contribution in [2.45, 2.75) is 6.92 Å². The Morgan fingerprint density at radius 1 is 1.44 bits per heavy atom. The van der Waals surface area contributed by atoms with Crippen LogP contribution in [0.5, 0.6) is 0 Å². The van der Waals surface area contributed by atoms with Crippen molar-refractivity contribution < 1.29 is 4.79 Å². The molecule has 3 N–H and O–H groups in total. The van der Waals surface area contributed by atoms with Crippen LogP contribution in [0.1, 0.15) is 6.92 Å². The van der Waals surface area contributed by atoms with Gasteiger partial charge in [0.2, 0.25) is 5.91 Å². The predicted octanol–water partition coefficient (Wildman–Crippen LogP) is 3.07. The van der Waals surface area contributed by atoms with Crippen LogP contribution in [0.15, 0.2) is 27.1 Å². The molecule has 0 saturated carbocycles. The number of hydrogen-bond acceptors (Lipinski definition) is 2. The first-order chi connectivity index (χ1) is 7.43. The van der Waals surface area contributed by atoms with E-state index >= 15 is 0 Å². The number of para-hydroxylation sites is 1. The van der Waals surface area contributed by atoms with Crippen LogP contribution in [0.25, 0.3) is 0 Å². The second-order valence-corrected chi connectivity index (χ2v) is 5.39. The fourth-order valence-corrected chi connectivity index (χ4v) is 2.28. The Balaban J connectivity index is 2.89. The Bertz CT molecular complexity index is 417. The molecule has 0 bridgehead atoms. The zero-order chi connectivity index (χ0) is 12.3. The van der Waals surface area contributed by atoms with Crippen molar-refractivity contribution in [3.63, 3.8) is 0 Å². The fourth-order valence-electron chi connectivity index (χ4n) is 0.978. The van der Waals surface area contributed by atoms with Gasteiger partial charge in [-0.25, -0.2) is 0 Å². The summed E-state index contributed by atoms with van der Waals surface area (Å²) in [6.45, 7) is 1.67. The molecule has 0 aliphatic heterocycles. The smallest absolute Gasteiger partial charge is 0.234 e. The molecule has 1 aromatic rings. The predicted molar refractivity (Wildman–Crippen MR) is 76.4 cm³/mol. The molecule has 86 valence electrons. The van der Waals surface area contributed by atoms with Gasteiger partial charge >= 0.3 is 0 Å². The van der Waals surface area contributed by atoms with E-state index in [0.717, 1.165) is 8.95 Å². The molecule has 1 aromatic carbocycles. The molecule has 0 aromatic heterocycles. The van der Waals surface area contributed by atoms with Crippen molar-refractivity contribution in [2.75, 3.05) is 5.32 Å². The number of hydrogen-bond donors (Lipinski definition) is 2. The summed E-state index contributed by atoms with van der Waals surface area (Å²) in [4.78, 5) is 11.9. The van der Waals surface area contributed by atoms with Crippen LogP contribution in [-0.2, 0) is 4.79 Å².